The van der Waals surface area contributed by atoms with Crippen LogP contribution in [-0.4, -0.2) is 27.4 Å². The fourth-order valence-corrected chi connectivity index (χ4v) is 3.32. The third-order valence-electron chi connectivity index (χ3n) is 4.02. The molecule has 0 fully saturated rings. The summed E-state index contributed by atoms with van der Waals surface area (Å²) in [5.74, 6) is 0.464. The molecule has 1 unspecified atom stereocenters. The van der Waals surface area contributed by atoms with Gasteiger partial charge < -0.3 is 9.26 Å². The highest BCUT2D eigenvalue weighted by Crippen LogP contribution is 2.48. The van der Waals surface area contributed by atoms with Crippen molar-refractivity contribution < 1.29 is 22.9 Å². The van der Waals surface area contributed by atoms with Crippen LogP contribution in [-0.2, 0) is 23.8 Å². The van der Waals surface area contributed by atoms with Gasteiger partial charge >= 0.3 is 7.82 Å². The Bertz CT molecular complexity index is 513. The standard InChI is InChI=1S/C18H31O5P/c1-6-7-8-13-18(2,3)16-9-11-17(12-10-16)23-24(19,21-5)22-15-14-20-4/h9-12H,6-8,13-15H2,1-5H3. The van der Waals surface area contributed by atoms with E-state index in [2.05, 4.69) is 20.8 Å². The Morgan fingerprint density at radius 3 is 2.25 bits per heavy atom. The van der Waals surface area contributed by atoms with E-state index in [1.54, 1.807) is 7.11 Å². The molecule has 0 amide bonds. The molecule has 0 spiro atoms. The first kappa shape index (κ1) is 21.2. The molecule has 0 bridgehead atoms. The maximum atomic E-state index is 12.4. The van der Waals surface area contributed by atoms with Gasteiger partial charge in [0, 0.05) is 14.2 Å². The van der Waals surface area contributed by atoms with Gasteiger partial charge in [-0.2, -0.15) is 0 Å². The minimum Gasteiger partial charge on any atom is -0.404 e. The summed E-state index contributed by atoms with van der Waals surface area (Å²) in [5.41, 5.74) is 1.34. The predicted molar refractivity (Wildman–Crippen MR) is 96.7 cm³/mol. The topological polar surface area (TPSA) is 54.0 Å². The van der Waals surface area contributed by atoms with E-state index in [1.165, 1.54) is 31.9 Å². The lowest BCUT2D eigenvalue weighted by atomic mass is 9.80. The molecule has 1 aromatic rings. The van der Waals surface area contributed by atoms with Crippen molar-refractivity contribution in [3.8, 4) is 5.75 Å². The largest absolute Gasteiger partial charge is 0.529 e. The van der Waals surface area contributed by atoms with Crippen LogP contribution in [0.25, 0.3) is 0 Å². The maximum absolute atomic E-state index is 12.4. The smallest absolute Gasteiger partial charge is 0.404 e. The van der Waals surface area contributed by atoms with Crippen LogP contribution in [0, 0.1) is 0 Å². The average molecular weight is 358 g/mol. The van der Waals surface area contributed by atoms with Crippen LogP contribution in [0.2, 0.25) is 0 Å². The summed E-state index contributed by atoms with van der Waals surface area (Å²) >= 11 is 0. The Labute approximate surface area is 146 Å². The van der Waals surface area contributed by atoms with Gasteiger partial charge in [-0.05, 0) is 29.5 Å². The van der Waals surface area contributed by atoms with Crippen LogP contribution in [0.4, 0.5) is 0 Å². The lowest BCUT2D eigenvalue weighted by Gasteiger charge is -2.25. The molecule has 5 nitrogen and oxygen atoms in total. The quantitative estimate of drug-likeness (QED) is 0.373. The molecule has 24 heavy (non-hydrogen) atoms. The Kier molecular flexibility index (Phi) is 8.99. The first-order valence-corrected chi connectivity index (χ1v) is 9.92. The number of benzene rings is 1. The fraction of sp³-hybridized carbons (Fsp3) is 0.667. The van der Waals surface area contributed by atoms with Gasteiger partial charge in [0.25, 0.3) is 0 Å². The predicted octanol–water partition coefficient (Wildman–Crippen LogP) is 5.34. The Hall–Kier alpha value is -0.870. The molecule has 1 aromatic carbocycles. The maximum Gasteiger partial charge on any atom is 0.529 e. The number of hydrogen-bond donors (Lipinski definition) is 0. The molecule has 0 radical (unpaired) electrons. The highest BCUT2D eigenvalue weighted by atomic mass is 31.2. The molecular weight excluding hydrogens is 327 g/mol. The average Bonchev–Trinajstić information content (AvgIpc) is 2.56. The highest BCUT2D eigenvalue weighted by molar-refractivity contribution is 7.48. The third kappa shape index (κ3) is 6.94. The molecule has 0 saturated carbocycles. The molecule has 0 aliphatic rings. The summed E-state index contributed by atoms with van der Waals surface area (Å²) in [4.78, 5) is 0. The van der Waals surface area contributed by atoms with Crippen molar-refractivity contribution in [3.63, 3.8) is 0 Å². The molecule has 1 rings (SSSR count). The lowest BCUT2D eigenvalue weighted by molar-refractivity contribution is 0.115. The zero-order chi connectivity index (χ0) is 18.1. The normalized spacial score (nSPS) is 14.4. The van der Waals surface area contributed by atoms with E-state index in [0.29, 0.717) is 12.4 Å². The van der Waals surface area contributed by atoms with Crippen molar-refractivity contribution in [2.75, 3.05) is 27.4 Å². The van der Waals surface area contributed by atoms with Gasteiger partial charge in [-0.25, -0.2) is 4.57 Å². The zero-order valence-electron chi connectivity index (χ0n) is 15.5. The molecule has 138 valence electrons. The van der Waals surface area contributed by atoms with E-state index in [-0.39, 0.29) is 12.0 Å². The summed E-state index contributed by atoms with van der Waals surface area (Å²) in [6, 6.07) is 7.64. The summed E-state index contributed by atoms with van der Waals surface area (Å²) < 4.78 is 32.7. The van der Waals surface area contributed by atoms with Crippen molar-refractivity contribution in [1.29, 1.82) is 0 Å². The first-order chi connectivity index (χ1) is 11.4. The summed E-state index contributed by atoms with van der Waals surface area (Å²) in [7, 11) is -0.760. The van der Waals surface area contributed by atoms with Crippen LogP contribution in [0.5, 0.6) is 5.75 Å². The van der Waals surface area contributed by atoms with Crippen LogP contribution in [0.3, 0.4) is 0 Å². The van der Waals surface area contributed by atoms with E-state index >= 15 is 0 Å². The van der Waals surface area contributed by atoms with E-state index < -0.39 is 7.82 Å². The number of phosphoric acid groups is 1. The van der Waals surface area contributed by atoms with E-state index in [4.69, 9.17) is 18.3 Å². The monoisotopic (exact) mass is 358 g/mol. The number of ether oxygens (including phenoxy) is 1. The molecule has 0 aromatic heterocycles. The molecule has 0 saturated heterocycles. The molecule has 0 heterocycles. The van der Waals surface area contributed by atoms with Gasteiger partial charge in [-0.1, -0.05) is 52.2 Å². The fourth-order valence-electron chi connectivity index (χ4n) is 2.41. The van der Waals surface area contributed by atoms with Crippen LogP contribution in [0.15, 0.2) is 24.3 Å². The minimum absolute atomic E-state index is 0.105. The van der Waals surface area contributed by atoms with E-state index in [0.717, 1.165) is 6.42 Å². The molecule has 0 aliphatic heterocycles. The Morgan fingerprint density at radius 2 is 1.71 bits per heavy atom. The van der Waals surface area contributed by atoms with E-state index in [1.807, 2.05) is 24.3 Å². The minimum atomic E-state index is -3.61. The molecule has 1 atom stereocenters. The van der Waals surface area contributed by atoms with Crippen LogP contribution >= 0.6 is 7.82 Å². The van der Waals surface area contributed by atoms with Crippen molar-refractivity contribution in [3.05, 3.63) is 29.8 Å². The second kappa shape index (κ2) is 10.2. The molecule has 0 N–H and O–H groups in total. The summed E-state index contributed by atoms with van der Waals surface area (Å²) in [6.45, 7) is 7.16. The van der Waals surface area contributed by atoms with Gasteiger partial charge in [0.05, 0.1) is 13.2 Å². The highest BCUT2D eigenvalue weighted by Gasteiger charge is 2.27. The number of hydrogen-bond acceptors (Lipinski definition) is 5. The number of methoxy groups -OCH3 is 1. The van der Waals surface area contributed by atoms with Gasteiger partial charge in [0.2, 0.25) is 0 Å². The molecule has 0 aliphatic carbocycles. The van der Waals surface area contributed by atoms with Crippen LogP contribution in [0.1, 0.15) is 52.0 Å². The van der Waals surface area contributed by atoms with E-state index in [9.17, 15) is 4.57 Å². The lowest BCUT2D eigenvalue weighted by Crippen LogP contribution is -2.16. The summed E-state index contributed by atoms with van der Waals surface area (Å²) in [6.07, 6.45) is 4.82. The van der Waals surface area contributed by atoms with Gasteiger partial charge in [-0.3, -0.25) is 9.05 Å². The van der Waals surface area contributed by atoms with Gasteiger partial charge in [0.15, 0.2) is 0 Å². The van der Waals surface area contributed by atoms with Crippen molar-refractivity contribution in [1.82, 2.24) is 0 Å². The zero-order valence-corrected chi connectivity index (χ0v) is 16.4. The number of phosphoric ester groups is 1. The number of rotatable bonds is 12. The Balaban J connectivity index is 2.70. The second-order valence-corrected chi connectivity index (χ2v) is 8.11. The first-order valence-electron chi connectivity index (χ1n) is 8.46. The van der Waals surface area contributed by atoms with Crippen LogP contribution < -0.4 is 4.52 Å². The van der Waals surface area contributed by atoms with Gasteiger partial charge in [-0.15, -0.1) is 0 Å². The van der Waals surface area contributed by atoms with Crippen molar-refractivity contribution in [2.24, 2.45) is 0 Å². The molecular formula is C18H31O5P. The SMILES string of the molecule is CCCCCC(C)(C)c1ccc(OP(=O)(OC)OCCOC)cc1. The second-order valence-electron chi connectivity index (χ2n) is 6.41. The summed E-state index contributed by atoms with van der Waals surface area (Å²) in [5, 5.41) is 0. The Morgan fingerprint density at radius 1 is 1.04 bits per heavy atom. The van der Waals surface area contributed by atoms with Crippen molar-refractivity contribution >= 4 is 7.82 Å². The molecule has 6 heteroatoms. The van der Waals surface area contributed by atoms with Crippen molar-refractivity contribution in [2.45, 2.75) is 51.9 Å². The third-order valence-corrected chi connectivity index (χ3v) is 5.40. The number of unbranched alkanes of at least 4 members (excludes halogenated alkanes) is 2. The van der Waals surface area contributed by atoms with Gasteiger partial charge in [0.1, 0.15) is 5.75 Å².